The monoisotopic (exact) mass is 253 g/mol. The van der Waals surface area contributed by atoms with Gasteiger partial charge < -0.3 is 4.74 Å². The zero-order valence-corrected chi connectivity index (χ0v) is 10.3. The van der Waals surface area contributed by atoms with Crippen molar-refractivity contribution in [2.75, 3.05) is 14.2 Å². The molecule has 4 nitrogen and oxygen atoms in total. The van der Waals surface area contributed by atoms with E-state index in [0.29, 0.717) is 10.8 Å². The topological polar surface area (TPSA) is 46.6 Å². The van der Waals surface area contributed by atoms with E-state index in [2.05, 4.69) is 0 Å². The number of hydrogen-bond acceptors (Lipinski definition) is 3. The van der Waals surface area contributed by atoms with Crippen LogP contribution in [0.2, 0.25) is 5.02 Å². The van der Waals surface area contributed by atoms with E-state index in [4.69, 9.17) is 16.3 Å². The molecule has 0 saturated carbocycles. The highest BCUT2D eigenvalue weighted by Gasteiger charge is 2.37. The second-order valence-corrected chi connectivity index (χ2v) is 4.35. The Morgan fingerprint density at radius 1 is 1.41 bits per heavy atom. The number of benzene rings is 1. The number of rotatable bonds is 2. The number of halogens is 1. The summed E-state index contributed by atoms with van der Waals surface area (Å²) in [6.45, 7) is 0. The number of ether oxygens (including phenoxy) is 1. The van der Waals surface area contributed by atoms with Crippen molar-refractivity contribution in [2.45, 2.75) is 12.3 Å². The summed E-state index contributed by atoms with van der Waals surface area (Å²) in [5.41, 5.74) is 0.749. The third-order valence-electron chi connectivity index (χ3n) is 2.96. The van der Waals surface area contributed by atoms with Crippen molar-refractivity contribution in [2.24, 2.45) is 0 Å². The molecule has 0 aliphatic carbocycles. The second kappa shape index (κ2) is 4.37. The number of likely N-dealkylation sites (N-methyl/N-ethyl adjacent to an activating group) is 1. The summed E-state index contributed by atoms with van der Waals surface area (Å²) < 4.78 is 5.04. The van der Waals surface area contributed by atoms with Gasteiger partial charge in [0.15, 0.2) is 0 Å². The molecule has 1 aromatic carbocycles. The minimum absolute atomic E-state index is 0.160. The van der Waals surface area contributed by atoms with Crippen molar-refractivity contribution >= 4 is 23.4 Å². The van der Waals surface area contributed by atoms with Gasteiger partial charge in [-0.2, -0.15) is 0 Å². The molecule has 0 radical (unpaired) electrons. The van der Waals surface area contributed by atoms with Crippen LogP contribution in [-0.4, -0.2) is 30.9 Å². The summed E-state index contributed by atoms with van der Waals surface area (Å²) >= 11 is 5.99. The van der Waals surface area contributed by atoms with Crippen LogP contribution in [0.5, 0.6) is 5.75 Å². The average molecular weight is 254 g/mol. The molecule has 1 saturated heterocycles. The second-order valence-electron chi connectivity index (χ2n) is 3.94. The van der Waals surface area contributed by atoms with Crippen LogP contribution < -0.4 is 4.74 Å². The molecule has 1 aliphatic rings. The smallest absolute Gasteiger partial charge is 0.236 e. The minimum Gasteiger partial charge on any atom is -0.495 e. The summed E-state index contributed by atoms with van der Waals surface area (Å²) in [6.07, 6.45) is 0.206. The van der Waals surface area contributed by atoms with E-state index in [9.17, 15) is 9.59 Å². The highest BCUT2D eigenvalue weighted by atomic mass is 35.5. The molecular weight excluding hydrogens is 242 g/mol. The van der Waals surface area contributed by atoms with Crippen LogP contribution in [0.3, 0.4) is 0 Å². The number of imide groups is 1. The van der Waals surface area contributed by atoms with Gasteiger partial charge in [-0.3, -0.25) is 14.5 Å². The van der Waals surface area contributed by atoms with Crippen molar-refractivity contribution in [3.8, 4) is 5.75 Å². The van der Waals surface area contributed by atoms with Crippen LogP contribution in [-0.2, 0) is 9.59 Å². The molecule has 1 heterocycles. The number of hydrogen-bond donors (Lipinski definition) is 0. The first-order chi connectivity index (χ1) is 8.04. The summed E-state index contributed by atoms with van der Waals surface area (Å²) in [7, 11) is 3.02. The lowest BCUT2D eigenvalue weighted by molar-refractivity contribution is -0.137. The summed E-state index contributed by atoms with van der Waals surface area (Å²) in [6, 6.07) is 5.14. The van der Waals surface area contributed by atoms with E-state index in [0.717, 1.165) is 10.5 Å². The number of amides is 2. The molecule has 2 amide bonds. The third kappa shape index (κ3) is 2.00. The predicted molar refractivity (Wildman–Crippen MR) is 63.1 cm³/mol. The Balaban J connectivity index is 2.33. The first-order valence-electron chi connectivity index (χ1n) is 5.18. The number of carbonyl (C=O) groups excluding carboxylic acids is 2. The number of methoxy groups -OCH3 is 1. The Morgan fingerprint density at radius 3 is 2.59 bits per heavy atom. The average Bonchev–Trinajstić information content (AvgIpc) is 2.57. The van der Waals surface area contributed by atoms with Crippen molar-refractivity contribution in [3.63, 3.8) is 0 Å². The number of nitrogens with zero attached hydrogens (tertiary/aromatic N) is 1. The lowest BCUT2D eigenvalue weighted by atomic mass is 9.97. The molecule has 90 valence electrons. The van der Waals surface area contributed by atoms with Gasteiger partial charge in [-0.15, -0.1) is 0 Å². The maximum absolute atomic E-state index is 11.8. The van der Waals surface area contributed by atoms with Crippen molar-refractivity contribution in [3.05, 3.63) is 28.8 Å². The zero-order chi connectivity index (χ0) is 12.6. The van der Waals surface area contributed by atoms with Crippen LogP contribution in [0.1, 0.15) is 17.9 Å². The standard InChI is InChI=1S/C12H12ClNO3/c1-14-11(15)6-8(12(14)16)7-3-4-10(17-2)9(13)5-7/h3-5,8H,6H2,1-2H3. The Labute approximate surface area is 104 Å². The molecular formula is C12H12ClNO3. The van der Waals surface area contributed by atoms with Crippen LogP contribution in [0.25, 0.3) is 0 Å². The Bertz CT molecular complexity index is 487. The molecule has 1 atom stereocenters. The van der Waals surface area contributed by atoms with E-state index >= 15 is 0 Å². The highest BCUT2D eigenvalue weighted by Crippen LogP contribution is 2.33. The SMILES string of the molecule is COc1ccc(C2CC(=O)N(C)C2=O)cc1Cl. The van der Waals surface area contributed by atoms with Gasteiger partial charge in [-0.1, -0.05) is 17.7 Å². The van der Waals surface area contributed by atoms with Gasteiger partial charge in [0.1, 0.15) is 5.75 Å². The fourth-order valence-corrected chi connectivity index (χ4v) is 2.18. The molecule has 0 spiro atoms. The van der Waals surface area contributed by atoms with Gasteiger partial charge >= 0.3 is 0 Å². The molecule has 1 unspecified atom stereocenters. The zero-order valence-electron chi connectivity index (χ0n) is 9.57. The normalized spacial score (nSPS) is 19.9. The van der Waals surface area contributed by atoms with Gasteiger partial charge in [-0.05, 0) is 17.7 Å². The van der Waals surface area contributed by atoms with E-state index < -0.39 is 5.92 Å². The van der Waals surface area contributed by atoms with Crippen molar-refractivity contribution in [1.29, 1.82) is 0 Å². The molecule has 5 heteroatoms. The number of carbonyl (C=O) groups is 2. The molecule has 1 aromatic rings. The van der Waals surface area contributed by atoms with Crippen molar-refractivity contribution < 1.29 is 14.3 Å². The molecule has 17 heavy (non-hydrogen) atoms. The number of likely N-dealkylation sites (tertiary alicyclic amines) is 1. The Hall–Kier alpha value is -1.55. The van der Waals surface area contributed by atoms with Gasteiger partial charge in [-0.25, -0.2) is 0 Å². The first kappa shape index (κ1) is 11.9. The third-order valence-corrected chi connectivity index (χ3v) is 3.26. The molecule has 1 aliphatic heterocycles. The maximum Gasteiger partial charge on any atom is 0.236 e. The van der Waals surface area contributed by atoms with E-state index in [1.54, 1.807) is 18.2 Å². The van der Waals surface area contributed by atoms with Crippen LogP contribution >= 0.6 is 11.6 Å². The van der Waals surface area contributed by atoms with Gasteiger partial charge in [0.25, 0.3) is 0 Å². The predicted octanol–water partition coefficient (Wildman–Crippen LogP) is 1.82. The Kier molecular flexibility index (Phi) is 3.07. The lowest BCUT2D eigenvalue weighted by Crippen LogP contribution is -2.25. The van der Waals surface area contributed by atoms with E-state index in [1.165, 1.54) is 14.2 Å². The lowest BCUT2D eigenvalue weighted by Gasteiger charge is -2.10. The van der Waals surface area contributed by atoms with E-state index in [-0.39, 0.29) is 18.2 Å². The van der Waals surface area contributed by atoms with Gasteiger partial charge in [0.05, 0.1) is 18.1 Å². The van der Waals surface area contributed by atoms with E-state index in [1.807, 2.05) is 0 Å². The first-order valence-corrected chi connectivity index (χ1v) is 5.56. The summed E-state index contributed by atoms with van der Waals surface area (Å²) in [5.74, 6) is -0.209. The summed E-state index contributed by atoms with van der Waals surface area (Å²) in [4.78, 5) is 24.4. The minimum atomic E-state index is -0.420. The quantitative estimate of drug-likeness (QED) is 0.756. The molecule has 1 fully saturated rings. The van der Waals surface area contributed by atoms with Gasteiger partial charge in [0, 0.05) is 13.5 Å². The fraction of sp³-hybridized carbons (Fsp3) is 0.333. The van der Waals surface area contributed by atoms with Crippen LogP contribution in [0, 0.1) is 0 Å². The molecule has 0 bridgehead atoms. The fourth-order valence-electron chi connectivity index (χ4n) is 1.92. The maximum atomic E-state index is 11.8. The highest BCUT2D eigenvalue weighted by molar-refractivity contribution is 6.32. The van der Waals surface area contributed by atoms with Crippen LogP contribution in [0.15, 0.2) is 18.2 Å². The van der Waals surface area contributed by atoms with Crippen molar-refractivity contribution in [1.82, 2.24) is 4.90 Å². The summed E-state index contributed by atoms with van der Waals surface area (Å²) in [5, 5.41) is 0.444. The molecule has 2 rings (SSSR count). The molecule has 0 N–H and O–H groups in total. The Morgan fingerprint density at radius 2 is 2.12 bits per heavy atom. The molecule has 0 aromatic heterocycles. The largest absolute Gasteiger partial charge is 0.495 e. The van der Waals surface area contributed by atoms with Crippen LogP contribution in [0.4, 0.5) is 0 Å². The van der Waals surface area contributed by atoms with Gasteiger partial charge in [0.2, 0.25) is 11.8 Å².